The van der Waals surface area contributed by atoms with Gasteiger partial charge in [0, 0.05) is 33.9 Å². The minimum atomic E-state index is -2.91. The molecule has 0 radical (unpaired) electrons. The number of hydrogen-bond acceptors (Lipinski definition) is 7. The molecule has 0 aromatic heterocycles. The Labute approximate surface area is 170 Å². The van der Waals surface area contributed by atoms with Crippen LogP contribution in [0.15, 0.2) is 37.0 Å². The van der Waals surface area contributed by atoms with Crippen molar-refractivity contribution in [1.29, 1.82) is 0 Å². The van der Waals surface area contributed by atoms with Crippen LogP contribution in [0.3, 0.4) is 0 Å². The van der Waals surface area contributed by atoms with E-state index in [1.54, 1.807) is 0 Å². The fraction of sp³-hybridized carbons (Fsp3) is 0.667. The van der Waals surface area contributed by atoms with Gasteiger partial charge in [-0.1, -0.05) is 34.1 Å². The predicted octanol–water partition coefficient (Wildman–Crippen LogP) is 1.40. The molecule has 6 N–H and O–H groups in total. The van der Waals surface area contributed by atoms with Gasteiger partial charge < -0.3 is 26.6 Å². The van der Waals surface area contributed by atoms with Crippen LogP contribution >= 0.6 is 0 Å². The number of rotatable bonds is 6. The summed E-state index contributed by atoms with van der Waals surface area (Å²) in [5.41, 5.74) is 2.10. The molecule has 0 aromatic carbocycles. The Morgan fingerprint density at radius 1 is 0.815 bits per heavy atom. The average Bonchev–Trinajstić information content (AvgIpc) is 2.61. The molecule has 27 heavy (non-hydrogen) atoms. The van der Waals surface area contributed by atoms with Gasteiger partial charge in [-0.3, -0.25) is 0 Å². The van der Waals surface area contributed by atoms with Gasteiger partial charge in [0.15, 0.2) is 0 Å². The molecule has 0 heterocycles. The molecular weight excluding hydrogens is 364 g/mol. The molecule has 0 aromatic rings. The van der Waals surface area contributed by atoms with Gasteiger partial charge >= 0.3 is 0 Å². The van der Waals surface area contributed by atoms with E-state index in [-0.39, 0.29) is 7.43 Å². The van der Waals surface area contributed by atoms with Crippen molar-refractivity contribution in [3.05, 3.63) is 37.0 Å². The molecule has 0 saturated carbocycles. The molecular formula is C18H48N6O2S. The molecule has 0 atom stereocenters. The number of allylic oxidation sites excluding steroid dienone is 2. The van der Waals surface area contributed by atoms with E-state index in [1.165, 1.54) is 7.05 Å². The van der Waals surface area contributed by atoms with Crippen molar-refractivity contribution < 1.29 is 8.42 Å². The van der Waals surface area contributed by atoms with E-state index < -0.39 is 10.0 Å². The highest BCUT2D eigenvalue weighted by atomic mass is 32.2. The topological polar surface area (TPSA) is 106 Å². The maximum absolute atomic E-state index is 9.89. The van der Waals surface area contributed by atoms with Gasteiger partial charge in [0.1, 0.15) is 0 Å². The molecule has 0 aliphatic heterocycles. The van der Waals surface area contributed by atoms with Crippen LogP contribution < -0.4 is 31.3 Å². The lowest BCUT2D eigenvalue weighted by molar-refractivity contribution is 0.594. The highest BCUT2D eigenvalue weighted by Crippen LogP contribution is 1.84. The standard InChI is InChI=1S/C5H11N.C4H10N2.C4H9N.C2H7NO2S.C2H7N.CH4/c1-4-5(2)6-3;1-4(5-2)6-3;1-4(2)5-3;1-3-6(2,4)5;1-3-2;/h6H,2,4H2,1,3H3;5-6H,1H2,2-3H3;5H,1H2,2-3H3;3H,1-2H3;3H,1-2H3;1H4. The van der Waals surface area contributed by atoms with E-state index in [2.05, 4.69) is 58.0 Å². The summed E-state index contributed by atoms with van der Waals surface area (Å²) in [6.45, 7) is 14.8. The molecule has 0 spiro atoms. The van der Waals surface area contributed by atoms with Crippen molar-refractivity contribution in [2.45, 2.75) is 27.7 Å². The second-order valence-corrected chi connectivity index (χ2v) is 6.64. The summed E-state index contributed by atoms with van der Waals surface area (Å²) in [6.07, 6.45) is 2.13. The Bertz CT molecular complexity index is 396. The molecule has 0 saturated heterocycles. The summed E-state index contributed by atoms with van der Waals surface area (Å²) < 4.78 is 21.9. The zero-order valence-corrected chi connectivity index (χ0v) is 19.4. The van der Waals surface area contributed by atoms with E-state index in [0.29, 0.717) is 0 Å². The van der Waals surface area contributed by atoms with E-state index in [9.17, 15) is 8.42 Å². The number of hydrogen-bond donors (Lipinski definition) is 6. The molecule has 0 unspecified atom stereocenters. The van der Waals surface area contributed by atoms with E-state index in [1.807, 2.05) is 49.2 Å². The van der Waals surface area contributed by atoms with Crippen molar-refractivity contribution in [2.24, 2.45) is 0 Å². The van der Waals surface area contributed by atoms with Gasteiger partial charge in [0.25, 0.3) is 0 Å². The molecule has 0 aliphatic carbocycles. The largest absolute Gasteiger partial charge is 0.392 e. The molecule has 168 valence electrons. The highest BCUT2D eigenvalue weighted by Gasteiger charge is 1.88. The van der Waals surface area contributed by atoms with Crippen molar-refractivity contribution >= 4 is 10.0 Å². The zero-order chi connectivity index (χ0) is 22.2. The van der Waals surface area contributed by atoms with Crippen LogP contribution in [0, 0.1) is 0 Å². The lowest BCUT2D eigenvalue weighted by Gasteiger charge is -1.98. The molecule has 0 aliphatic rings. The Hall–Kier alpha value is -1.71. The molecule has 0 bridgehead atoms. The minimum absolute atomic E-state index is 0. The Kier molecular flexibility index (Phi) is 47.5. The van der Waals surface area contributed by atoms with E-state index in [4.69, 9.17) is 0 Å². The summed E-state index contributed by atoms with van der Waals surface area (Å²) in [6, 6.07) is 0. The molecule has 0 amide bonds. The van der Waals surface area contributed by atoms with Crippen LogP contribution in [0.1, 0.15) is 27.7 Å². The van der Waals surface area contributed by atoms with E-state index >= 15 is 0 Å². The normalized spacial score (nSPS) is 7.78. The fourth-order valence-corrected chi connectivity index (χ4v) is 0.302. The third kappa shape index (κ3) is 94.7. The second-order valence-electron chi connectivity index (χ2n) is 4.69. The lowest BCUT2D eigenvalue weighted by atomic mass is 10.4. The third-order valence-electron chi connectivity index (χ3n) is 2.18. The third-order valence-corrected chi connectivity index (χ3v) is 2.92. The Balaban J connectivity index is -0.0000000514. The second kappa shape index (κ2) is 32.0. The quantitative estimate of drug-likeness (QED) is 0.392. The maximum Gasteiger partial charge on any atom is 0.208 e. The van der Waals surface area contributed by atoms with Crippen molar-refractivity contribution in [3.63, 3.8) is 0 Å². The van der Waals surface area contributed by atoms with Crippen LogP contribution in [-0.2, 0) is 10.0 Å². The van der Waals surface area contributed by atoms with Crippen LogP contribution in [0.5, 0.6) is 0 Å². The molecule has 0 rings (SSSR count). The summed E-state index contributed by atoms with van der Waals surface area (Å²) in [5.74, 6) is 0.843. The van der Waals surface area contributed by atoms with Gasteiger partial charge in [-0.25, -0.2) is 13.1 Å². The highest BCUT2D eigenvalue weighted by molar-refractivity contribution is 7.88. The Morgan fingerprint density at radius 3 is 1.07 bits per heavy atom. The summed E-state index contributed by atoms with van der Waals surface area (Å²) in [4.78, 5) is 0. The number of sulfonamides is 1. The Morgan fingerprint density at radius 2 is 1.07 bits per heavy atom. The summed E-state index contributed by atoms with van der Waals surface area (Å²) in [5, 5.41) is 14.1. The predicted molar refractivity (Wildman–Crippen MR) is 125 cm³/mol. The lowest BCUT2D eigenvalue weighted by Crippen LogP contribution is -2.17. The van der Waals surface area contributed by atoms with Crippen molar-refractivity contribution in [2.75, 3.05) is 55.6 Å². The summed E-state index contributed by atoms with van der Waals surface area (Å²) in [7, 11) is 9.58. The monoisotopic (exact) mass is 412 g/mol. The van der Waals surface area contributed by atoms with Crippen LogP contribution in [0.2, 0.25) is 0 Å². The van der Waals surface area contributed by atoms with Gasteiger partial charge in [0.05, 0.1) is 12.1 Å². The van der Waals surface area contributed by atoms with Crippen LogP contribution in [0.4, 0.5) is 0 Å². The fourth-order valence-electron chi connectivity index (χ4n) is 0.302. The van der Waals surface area contributed by atoms with Gasteiger partial charge in [-0.15, -0.1) is 0 Å². The van der Waals surface area contributed by atoms with Crippen molar-refractivity contribution in [1.82, 2.24) is 31.3 Å². The molecule has 9 heteroatoms. The maximum atomic E-state index is 9.89. The first kappa shape index (κ1) is 40.1. The molecule has 8 nitrogen and oxygen atoms in total. The van der Waals surface area contributed by atoms with Crippen molar-refractivity contribution in [3.8, 4) is 0 Å². The average molecular weight is 413 g/mol. The van der Waals surface area contributed by atoms with Gasteiger partial charge in [-0.05, 0) is 40.2 Å². The van der Waals surface area contributed by atoms with Gasteiger partial charge in [0.2, 0.25) is 10.0 Å². The van der Waals surface area contributed by atoms with Gasteiger partial charge in [-0.2, -0.15) is 0 Å². The smallest absolute Gasteiger partial charge is 0.208 e. The van der Waals surface area contributed by atoms with E-state index in [0.717, 1.165) is 29.9 Å². The first-order valence-electron chi connectivity index (χ1n) is 8.07. The zero-order valence-electron chi connectivity index (χ0n) is 18.6. The first-order chi connectivity index (χ1) is 11.9. The first-order valence-corrected chi connectivity index (χ1v) is 9.96. The van der Waals surface area contributed by atoms with Crippen LogP contribution in [0.25, 0.3) is 0 Å². The molecule has 0 fully saturated rings. The summed E-state index contributed by atoms with van der Waals surface area (Å²) >= 11 is 0. The SMILES string of the molecule is C.C=C(C)NC.C=C(CC)NC.C=C(NC)NC.CNC.CNS(C)(=O)=O. The number of nitrogens with one attached hydrogen (secondary N) is 6. The minimum Gasteiger partial charge on any atom is -0.392 e. The van der Waals surface area contributed by atoms with Crippen LogP contribution in [-0.4, -0.2) is 64.0 Å².